The zero-order valence-electron chi connectivity index (χ0n) is 9.40. The van der Waals surface area contributed by atoms with E-state index in [9.17, 15) is 4.79 Å². The number of hydrogen-bond acceptors (Lipinski definition) is 3. The number of aliphatic hydroxyl groups excluding tert-OH is 1. The highest BCUT2D eigenvalue weighted by Gasteiger charge is 2.08. The van der Waals surface area contributed by atoms with Crippen LogP contribution in [0.5, 0.6) is 0 Å². The third kappa shape index (κ3) is 2.80. The minimum atomic E-state index is 0.0689. The minimum Gasteiger partial charge on any atom is -0.394 e. The Morgan fingerprint density at radius 1 is 1.40 bits per heavy atom. The first-order valence-corrected chi connectivity index (χ1v) is 5.01. The maximum absolute atomic E-state index is 11.1. The Kier molecular flexibility index (Phi) is 3.86. The van der Waals surface area contributed by atoms with Crippen LogP contribution in [0.1, 0.15) is 24.2 Å². The van der Waals surface area contributed by atoms with Gasteiger partial charge in [0.1, 0.15) is 0 Å². The van der Waals surface area contributed by atoms with E-state index in [1.165, 1.54) is 0 Å². The van der Waals surface area contributed by atoms with Crippen LogP contribution in [0.25, 0.3) is 0 Å². The highest BCUT2D eigenvalue weighted by molar-refractivity contribution is 5.94. The number of carbonyl (C=O) groups is 1. The van der Waals surface area contributed by atoms with Crippen molar-refractivity contribution in [2.24, 2.45) is 0 Å². The fourth-order valence-corrected chi connectivity index (χ4v) is 1.31. The van der Waals surface area contributed by atoms with Gasteiger partial charge < -0.3 is 10.0 Å². The predicted octanol–water partition coefficient (Wildman–Crippen LogP) is 1.71. The molecule has 0 saturated carbocycles. The molecule has 0 fully saturated rings. The lowest BCUT2D eigenvalue weighted by molar-refractivity contribution is 0.101. The molecular weight excluding hydrogens is 190 g/mol. The second-order valence-electron chi connectivity index (χ2n) is 3.75. The molecule has 0 bridgehead atoms. The van der Waals surface area contributed by atoms with Crippen LogP contribution in [-0.2, 0) is 0 Å². The lowest BCUT2D eigenvalue weighted by Gasteiger charge is -2.25. The zero-order chi connectivity index (χ0) is 11.4. The van der Waals surface area contributed by atoms with Crippen LogP contribution in [0.3, 0.4) is 0 Å². The highest BCUT2D eigenvalue weighted by Crippen LogP contribution is 2.16. The molecule has 1 N–H and O–H groups in total. The number of aliphatic hydroxyl groups is 1. The van der Waals surface area contributed by atoms with Gasteiger partial charge in [0, 0.05) is 24.3 Å². The van der Waals surface area contributed by atoms with Gasteiger partial charge in [-0.1, -0.05) is 0 Å². The second kappa shape index (κ2) is 4.94. The van der Waals surface area contributed by atoms with E-state index in [1.54, 1.807) is 19.1 Å². The molecule has 1 aromatic rings. The molecule has 0 amide bonds. The second-order valence-corrected chi connectivity index (χ2v) is 3.75. The first kappa shape index (κ1) is 11.7. The van der Waals surface area contributed by atoms with Crippen molar-refractivity contribution in [3.05, 3.63) is 29.8 Å². The van der Waals surface area contributed by atoms with E-state index in [0.29, 0.717) is 5.56 Å². The maximum Gasteiger partial charge on any atom is 0.159 e. The smallest absolute Gasteiger partial charge is 0.159 e. The topological polar surface area (TPSA) is 40.5 Å². The molecule has 0 aliphatic carbocycles. The van der Waals surface area contributed by atoms with E-state index in [2.05, 4.69) is 0 Å². The number of anilines is 1. The number of carbonyl (C=O) groups excluding carboxylic acids is 1. The van der Waals surface area contributed by atoms with Crippen molar-refractivity contribution in [2.75, 3.05) is 18.6 Å². The summed E-state index contributed by atoms with van der Waals surface area (Å²) in [5, 5.41) is 9.01. The van der Waals surface area contributed by atoms with Crippen molar-refractivity contribution >= 4 is 11.5 Å². The van der Waals surface area contributed by atoms with E-state index < -0.39 is 0 Å². The molecule has 3 heteroatoms. The van der Waals surface area contributed by atoms with Gasteiger partial charge in [0.15, 0.2) is 5.78 Å². The predicted molar refractivity (Wildman–Crippen MR) is 61.4 cm³/mol. The summed E-state index contributed by atoms with van der Waals surface area (Å²) in [5.41, 5.74) is 1.71. The summed E-state index contributed by atoms with van der Waals surface area (Å²) in [6.07, 6.45) is 0. The molecule has 0 aliphatic rings. The van der Waals surface area contributed by atoms with Crippen LogP contribution in [0.15, 0.2) is 24.3 Å². The fourth-order valence-electron chi connectivity index (χ4n) is 1.31. The van der Waals surface area contributed by atoms with E-state index in [-0.39, 0.29) is 18.4 Å². The van der Waals surface area contributed by atoms with Gasteiger partial charge in [0.05, 0.1) is 6.61 Å². The van der Waals surface area contributed by atoms with Crippen molar-refractivity contribution in [3.8, 4) is 0 Å². The Morgan fingerprint density at radius 2 is 1.93 bits per heavy atom. The van der Waals surface area contributed by atoms with E-state index >= 15 is 0 Å². The van der Waals surface area contributed by atoms with Crippen LogP contribution in [0, 0.1) is 0 Å². The minimum absolute atomic E-state index is 0.0689. The molecule has 0 spiro atoms. The Bertz CT molecular complexity index is 332. The van der Waals surface area contributed by atoms with Gasteiger partial charge in [-0.3, -0.25) is 4.79 Å². The molecule has 1 aromatic carbocycles. The molecule has 0 radical (unpaired) electrons. The summed E-state index contributed by atoms with van der Waals surface area (Å²) in [4.78, 5) is 13.0. The molecular formula is C12H17NO2. The third-order valence-electron chi connectivity index (χ3n) is 2.61. The van der Waals surface area contributed by atoms with Gasteiger partial charge in [-0.2, -0.15) is 0 Å². The summed E-state index contributed by atoms with van der Waals surface area (Å²) >= 11 is 0. The van der Waals surface area contributed by atoms with Gasteiger partial charge in [-0.25, -0.2) is 0 Å². The number of benzene rings is 1. The van der Waals surface area contributed by atoms with Crippen molar-refractivity contribution in [1.82, 2.24) is 0 Å². The summed E-state index contributed by atoms with van der Waals surface area (Å²) in [5.74, 6) is 0.0689. The van der Waals surface area contributed by atoms with E-state index in [4.69, 9.17) is 5.11 Å². The lowest BCUT2D eigenvalue weighted by Crippen LogP contribution is -2.31. The van der Waals surface area contributed by atoms with Gasteiger partial charge in [0.25, 0.3) is 0 Å². The number of Topliss-reactive ketones (excluding diaryl/α,β-unsaturated/α-hetero) is 1. The lowest BCUT2D eigenvalue weighted by atomic mass is 10.1. The van der Waals surface area contributed by atoms with E-state index in [1.807, 2.05) is 31.0 Å². The molecule has 0 aliphatic heterocycles. The number of nitrogens with zero attached hydrogens (tertiary/aromatic N) is 1. The molecule has 1 unspecified atom stereocenters. The number of rotatable bonds is 4. The van der Waals surface area contributed by atoms with Crippen LogP contribution in [0.4, 0.5) is 5.69 Å². The Hall–Kier alpha value is -1.35. The Labute approximate surface area is 90.3 Å². The molecule has 1 rings (SSSR count). The third-order valence-corrected chi connectivity index (χ3v) is 2.61. The molecule has 0 saturated heterocycles. The quantitative estimate of drug-likeness (QED) is 0.764. The molecule has 15 heavy (non-hydrogen) atoms. The molecule has 3 nitrogen and oxygen atoms in total. The molecule has 82 valence electrons. The van der Waals surface area contributed by atoms with Gasteiger partial charge in [-0.05, 0) is 38.1 Å². The summed E-state index contributed by atoms with van der Waals surface area (Å²) < 4.78 is 0. The normalized spacial score (nSPS) is 12.3. The SMILES string of the molecule is CC(=O)c1ccc(N(C)C(C)CO)cc1. The van der Waals surface area contributed by atoms with Crippen molar-refractivity contribution in [2.45, 2.75) is 19.9 Å². The number of likely N-dealkylation sites (N-methyl/N-ethyl adjacent to an activating group) is 1. The van der Waals surface area contributed by atoms with Gasteiger partial charge in [0.2, 0.25) is 0 Å². The molecule has 1 atom stereocenters. The number of ketones is 1. The van der Waals surface area contributed by atoms with Crippen LogP contribution in [0.2, 0.25) is 0 Å². The average molecular weight is 207 g/mol. The standard InChI is InChI=1S/C12H17NO2/c1-9(8-14)13(3)12-6-4-11(5-7-12)10(2)15/h4-7,9,14H,8H2,1-3H3. The van der Waals surface area contributed by atoms with Gasteiger partial charge >= 0.3 is 0 Å². The highest BCUT2D eigenvalue weighted by atomic mass is 16.3. The zero-order valence-corrected chi connectivity index (χ0v) is 9.40. The first-order chi connectivity index (χ1) is 7.06. The van der Waals surface area contributed by atoms with Crippen molar-refractivity contribution in [1.29, 1.82) is 0 Å². The van der Waals surface area contributed by atoms with Gasteiger partial charge in [-0.15, -0.1) is 0 Å². The monoisotopic (exact) mass is 207 g/mol. The number of hydrogen-bond donors (Lipinski definition) is 1. The molecule has 0 aromatic heterocycles. The van der Waals surface area contributed by atoms with E-state index in [0.717, 1.165) is 5.69 Å². The van der Waals surface area contributed by atoms with Crippen LogP contribution in [-0.4, -0.2) is 30.6 Å². The average Bonchev–Trinajstić information content (AvgIpc) is 2.27. The molecule has 0 heterocycles. The van der Waals surface area contributed by atoms with Crippen LogP contribution >= 0.6 is 0 Å². The fraction of sp³-hybridized carbons (Fsp3) is 0.417. The largest absolute Gasteiger partial charge is 0.394 e. The summed E-state index contributed by atoms with van der Waals surface area (Å²) in [6, 6.07) is 7.47. The summed E-state index contributed by atoms with van der Waals surface area (Å²) in [7, 11) is 1.92. The van der Waals surface area contributed by atoms with Crippen molar-refractivity contribution < 1.29 is 9.90 Å². The van der Waals surface area contributed by atoms with Crippen molar-refractivity contribution in [3.63, 3.8) is 0 Å². The van der Waals surface area contributed by atoms with Crippen LogP contribution < -0.4 is 4.90 Å². The Morgan fingerprint density at radius 3 is 2.33 bits per heavy atom. The first-order valence-electron chi connectivity index (χ1n) is 5.01. The Balaban J connectivity index is 2.84. The maximum atomic E-state index is 11.1. The summed E-state index contributed by atoms with van der Waals surface area (Å²) in [6.45, 7) is 3.61.